The SMILES string of the molecule is C=C(C)/C(C)=C/C(=N\C(C)=C\N=C(C)N)C(=C)NCCc1ccc(F)c(C)c1. The van der Waals surface area contributed by atoms with Crippen molar-refractivity contribution in [2.45, 2.75) is 41.0 Å². The number of hydrogen-bond acceptors (Lipinski definition) is 3. The fourth-order valence-electron chi connectivity index (χ4n) is 2.24. The second-order valence-electron chi connectivity index (χ2n) is 6.88. The molecule has 0 aliphatic heterocycles. The van der Waals surface area contributed by atoms with Crippen LogP contribution in [-0.2, 0) is 6.42 Å². The van der Waals surface area contributed by atoms with Gasteiger partial charge in [0.05, 0.1) is 29.1 Å². The Bertz CT molecular complexity index is 853. The number of allylic oxidation sites excluding steroid dienone is 4. The number of aliphatic imine (C=N–C) groups is 2. The molecule has 0 saturated carbocycles. The minimum absolute atomic E-state index is 0.186. The van der Waals surface area contributed by atoms with Crippen LogP contribution in [-0.4, -0.2) is 18.1 Å². The van der Waals surface area contributed by atoms with Crippen molar-refractivity contribution in [2.75, 3.05) is 6.54 Å². The van der Waals surface area contributed by atoms with E-state index in [1.165, 1.54) is 6.07 Å². The minimum Gasteiger partial charge on any atom is -0.387 e. The highest BCUT2D eigenvalue weighted by Gasteiger charge is 2.05. The number of hydrogen-bond donors (Lipinski definition) is 2. The first-order valence-electron chi connectivity index (χ1n) is 9.17. The maximum atomic E-state index is 13.4. The molecule has 0 bridgehead atoms. The molecule has 1 rings (SSSR count). The monoisotopic (exact) mass is 382 g/mol. The number of nitrogens with zero attached hydrogens (tertiary/aromatic N) is 2. The van der Waals surface area contributed by atoms with Gasteiger partial charge in [0.15, 0.2) is 0 Å². The van der Waals surface area contributed by atoms with E-state index < -0.39 is 0 Å². The molecule has 0 unspecified atom stereocenters. The molecule has 0 atom stereocenters. The first-order chi connectivity index (χ1) is 13.1. The Morgan fingerprint density at radius 1 is 1.21 bits per heavy atom. The van der Waals surface area contributed by atoms with E-state index in [2.05, 4.69) is 28.5 Å². The Morgan fingerprint density at radius 2 is 1.89 bits per heavy atom. The molecule has 0 saturated heterocycles. The van der Waals surface area contributed by atoms with E-state index in [0.29, 0.717) is 35.0 Å². The first-order valence-corrected chi connectivity index (χ1v) is 9.17. The normalized spacial score (nSPS) is 13.5. The standard InChI is InChI=1S/C23H31FN4/c1-15(2)16(3)13-23(28-18(5)14-27-20(7)25)19(6)26-11-10-21-8-9-22(24)17(4)12-21/h8-9,12-14,26H,1,6,10-11H2,2-5,7H3,(H2,25,27)/b16-13+,18-14+,28-23+. The lowest BCUT2D eigenvalue weighted by Crippen LogP contribution is -2.21. The summed E-state index contributed by atoms with van der Waals surface area (Å²) in [4.78, 5) is 8.68. The average Bonchev–Trinajstić information content (AvgIpc) is 2.62. The van der Waals surface area contributed by atoms with Gasteiger partial charge in [-0.3, -0.25) is 0 Å². The molecule has 0 heterocycles. The molecule has 3 N–H and O–H groups in total. The van der Waals surface area contributed by atoms with Crippen LogP contribution in [0.3, 0.4) is 0 Å². The highest BCUT2D eigenvalue weighted by Crippen LogP contribution is 2.11. The molecule has 0 amide bonds. The maximum absolute atomic E-state index is 13.4. The van der Waals surface area contributed by atoms with Gasteiger partial charge in [-0.1, -0.05) is 30.9 Å². The van der Waals surface area contributed by atoms with Crippen LogP contribution in [0.15, 0.2) is 76.2 Å². The van der Waals surface area contributed by atoms with Gasteiger partial charge in [-0.15, -0.1) is 0 Å². The number of amidine groups is 1. The molecule has 0 fully saturated rings. The molecule has 28 heavy (non-hydrogen) atoms. The Labute approximate surface area is 168 Å². The number of nitrogens with two attached hydrogens (primary N) is 1. The third-order valence-corrected chi connectivity index (χ3v) is 4.06. The van der Waals surface area contributed by atoms with Gasteiger partial charge in [0.2, 0.25) is 0 Å². The molecule has 4 nitrogen and oxygen atoms in total. The van der Waals surface area contributed by atoms with E-state index in [1.807, 2.05) is 32.9 Å². The summed E-state index contributed by atoms with van der Waals surface area (Å²) in [7, 11) is 0. The fraction of sp³-hybridized carbons (Fsp3) is 0.304. The van der Waals surface area contributed by atoms with Crippen molar-refractivity contribution < 1.29 is 4.39 Å². The third-order valence-electron chi connectivity index (χ3n) is 4.06. The van der Waals surface area contributed by atoms with Gasteiger partial charge in [0.1, 0.15) is 5.82 Å². The van der Waals surface area contributed by atoms with Crippen molar-refractivity contribution in [2.24, 2.45) is 15.7 Å². The van der Waals surface area contributed by atoms with Crippen LogP contribution in [0.2, 0.25) is 0 Å². The molecule has 150 valence electrons. The predicted octanol–water partition coefficient (Wildman–Crippen LogP) is 4.98. The molecule has 1 aromatic rings. The molecular weight excluding hydrogens is 351 g/mol. The predicted molar refractivity (Wildman–Crippen MR) is 119 cm³/mol. The second kappa shape index (κ2) is 11.0. The van der Waals surface area contributed by atoms with Gasteiger partial charge in [-0.25, -0.2) is 14.4 Å². The van der Waals surface area contributed by atoms with Crippen LogP contribution in [0.4, 0.5) is 4.39 Å². The van der Waals surface area contributed by atoms with Crippen LogP contribution in [0.1, 0.15) is 38.8 Å². The topological polar surface area (TPSA) is 62.8 Å². The molecule has 0 aromatic heterocycles. The zero-order valence-corrected chi connectivity index (χ0v) is 17.6. The molecule has 0 spiro atoms. The molecular formula is C23H31FN4. The van der Waals surface area contributed by atoms with Crippen molar-refractivity contribution in [3.8, 4) is 0 Å². The Hall–Kier alpha value is -2.95. The van der Waals surface area contributed by atoms with E-state index in [4.69, 9.17) is 5.73 Å². The summed E-state index contributed by atoms with van der Waals surface area (Å²) in [6.07, 6.45) is 4.31. The summed E-state index contributed by atoms with van der Waals surface area (Å²) in [6, 6.07) is 5.16. The van der Waals surface area contributed by atoms with Crippen LogP contribution in [0, 0.1) is 12.7 Å². The van der Waals surface area contributed by atoms with Crippen molar-refractivity contribution in [1.82, 2.24) is 5.32 Å². The number of benzene rings is 1. The summed E-state index contributed by atoms with van der Waals surface area (Å²) in [5.74, 6) is 0.282. The van der Waals surface area contributed by atoms with Gasteiger partial charge in [0.25, 0.3) is 0 Å². The highest BCUT2D eigenvalue weighted by atomic mass is 19.1. The zero-order chi connectivity index (χ0) is 21.3. The van der Waals surface area contributed by atoms with E-state index in [9.17, 15) is 4.39 Å². The van der Waals surface area contributed by atoms with Gasteiger partial charge in [0, 0.05) is 6.54 Å². The smallest absolute Gasteiger partial charge is 0.126 e. The molecule has 1 aromatic carbocycles. The van der Waals surface area contributed by atoms with Gasteiger partial charge in [-0.2, -0.15) is 0 Å². The third kappa shape index (κ3) is 8.16. The van der Waals surface area contributed by atoms with Crippen molar-refractivity contribution in [3.05, 3.63) is 83.1 Å². The van der Waals surface area contributed by atoms with Crippen LogP contribution >= 0.6 is 0 Å². The van der Waals surface area contributed by atoms with E-state index in [-0.39, 0.29) is 5.82 Å². The van der Waals surface area contributed by atoms with Gasteiger partial charge >= 0.3 is 0 Å². The lowest BCUT2D eigenvalue weighted by molar-refractivity contribution is 0.617. The van der Waals surface area contributed by atoms with Gasteiger partial charge < -0.3 is 11.1 Å². The van der Waals surface area contributed by atoms with Crippen molar-refractivity contribution in [3.63, 3.8) is 0 Å². The maximum Gasteiger partial charge on any atom is 0.126 e. The average molecular weight is 383 g/mol. The Balaban J connectivity index is 2.93. The minimum atomic E-state index is -0.186. The highest BCUT2D eigenvalue weighted by molar-refractivity contribution is 6.08. The number of rotatable bonds is 9. The number of aryl methyl sites for hydroxylation is 1. The van der Waals surface area contributed by atoms with Crippen LogP contribution < -0.4 is 11.1 Å². The van der Waals surface area contributed by atoms with Crippen LogP contribution in [0.5, 0.6) is 0 Å². The Kier molecular flexibility index (Phi) is 9.09. The second-order valence-corrected chi connectivity index (χ2v) is 6.88. The summed E-state index contributed by atoms with van der Waals surface area (Å²) >= 11 is 0. The van der Waals surface area contributed by atoms with Crippen molar-refractivity contribution >= 4 is 11.5 Å². The van der Waals surface area contributed by atoms with E-state index >= 15 is 0 Å². The van der Waals surface area contributed by atoms with Gasteiger partial charge in [-0.05, 0) is 69.9 Å². The van der Waals surface area contributed by atoms with Crippen LogP contribution in [0.25, 0.3) is 0 Å². The lowest BCUT2D eigenvalue weighted by Gasteiger charge is -2.12. The molecule has 0 radical (unpaired) electrons. The van der Waals surface area contributed by atoms with Crippen molar-refractivity contribution in [1.29, 1.82) is 0 Å². The zero-order valence-electron chi connectivity index (χ0n) is 17.6. The Morgan fingerprint density at radius 3 is 2.46 bits per heavy atom. The summed E-state index contributed by atoms with van der Waals surface area (Å²) in [5.41, 5.74) is 11.4. The first kappa shape index (κ1) is 23.1. The largest absolute Gasteiger partial charge is 0.387 e. The summed E-state index contributed by atoms with van der Waals surface area (Å²) in [6.45, 7) is 18.0. The molecule has 0 aliphatic rings. The molecule has 0 aliphatic carbocycles. The fourth-order valence-corrected chi connectivity index (χ4v) is 2.24. The van der Waals surface area contributed by atoms with E-state index in [1.54, 1.807) is 26.1 Å². The van der Waals surface area contributed by atoms with E-state index in [0.717, 1.165) is 23.1 Å². The lowest BCUT2D eigenvalue weighted by atomic mass is 10.1. The molecule has 5 heteroatoms. The summed E-state index contributed by atoms with van der Waals surface area (Å²) < 4.78 is 13.4. The number of halogens is 1. The number of nitrogens with one attached hydrogen (secondary N) is 1. The quantitative estimate of drug-likeness (QED) is 0.359. The summed E-state index contributed by atoms with van der Waals surface area (Å²) in [5, 5.41) is 3.30.